The first-order valence-electron chi connectivity index (χ1n) is 6.50. The van der Waals surface area contributed by atoms with Gasteiger partial charge in [0, 0.05) is 23.4 Å². The topological polar surface area (TPSA) is 47.6 Å². The maximum absolute atomic E-state index is 12.4. The molecule has 0 aliphatic heterocycles. The predicted octanol–water partition coefficient (Wildman–Crippen LogP) is 2.83. The number of hydrogen-bond acceptors (Lipinski definition) is 5. The van der Waals surface area contributed by atoms with Gasteiger partial charge in [-0.25, -0.2) is 0 Å². The summed E-state index contributed by atoms with van der Waals surface area (Å²) in [4.78, 5) is 0. The maximum Gasteiger partial charge on any atom is 0.127 e. The second-order valence-electron chi connectivity index (χ2n) is 4.39. The third kappa shape index (κ3) is 3.84. The van der Waals surface area contributed by atoms with Gasteiger partial charge in [0.05, 0.1) is 29.2 Å². The highest BCUT2D eigenvalue weighted by atomic mass is 32.2. The van der Waals surface area contributed by atoms with Crippen molar-refractivity contribution in [1.82, 2.24) is 5.32 Å². The highest BCUT2D eigenvalue weighted by Crippen LogP contribution is 2.30. The van der Waals surface area contributed by atoms with E-state index in [4.69, 9.17) is 9.47 Å². The van der Waals surface area contributed by atoms with Gasteiger partial charge < -0.3 is 14.8 Å². The number of nitrogens with one attached hydrogen (secondary N) is 1. The Kier molecular flexibility index (Phi) is 5.78. The number of ether oxygens (including phenoxy) is 2. The van der Waals surface area contributed by atoms with Gasteiger partial charge in [-0.05, 0) is 24.6 Å². The fourth-order valence-electron chi connectivity index (χ4n) is 2.06. The van der Waals surface area contributed by atoms with Gasteiger partial charge in [0.2, 0.25) is 0 Å². The highest BCUT2D eigenvalue weighted by molar-refractivity contribution is 7.87. The summed E-state index contributed by atoms with van der Waals surface area (Å²) >= 11 is 1.52. The van der Waals surface area contributed by atoms with Crippen LogP contribution in [0.25, 0.3) is 0 Å². The van der Waals surface area contributed by atoms with Gasteiger partial charge in [-0.1, -0.05) is 12.1 Å². The molecule has 2 atom stereocenters. The lowest BCUT2D eigenvalue weighted by Crippen LogP contribution is -2.23. The summed E-state index contributed by atoms with van der Waals surface area (Å²) in [5, 5.41) is 5.15. The number of rotatable bonds is 7. The maximum atomic E-state index is 12.4. The Hall–Kier alpha value is -1.37. The number of thiophene rings is 1. The first-order valence-corrected chi connectivity index (χ1v) is 8.70. The first kappa shape index (κ1) is 16.0. The van der Waals surface area contributed by atoms with Crippen LogP contribution in [-0.4, -0.2) is 31.2 Å². The molecule has 2 aromatic rings. The van der Waals surface area contributed by atoms with Crippen LogP contribution < -0.4 is 14.8 Å². The Balaban J connectivity index is 2.23. The molecule has 1 aromatic carbocycles. The van der Waals surface area contributed by atoms with E-state index >= 15 is 0 Å². The zero-order valence-electron chi connectivity index (χ0n) is 12.3. The molecule has 0 bridgehead atoms. The van der Waals surface area contributed by atoms with Crippen molar-refractivity contribution in [3.05, 3.63) is 41.3 Å². The Morgan fingerprint density at radius 1 is 1.29 bits per heavy atom. The van der Waals surface area contributed by atoms with E-state index in [0.29, 0.717) is 5.75 Å². The average Bonchev–Trinajstić information content (AvgIpc) is 3.06. The summed E-state index contributed by atoms with van der Waals surface area (Å²) in [7, 11) is 4.08. The standard InChI is InChI=1S/C15H19NO3S2/c1-16-13(10-21(17)15-5-4-8-20-15)12-7-6-11(18-2)9-14(12)19-3/h4-9,13,16H,10H2,1-3H3. The molecule has 1 N–H and O–H groups in total. The van der Waals surface area contributed by atoms with E-state index in [9.17, 15) is 4.21 Å². The lowest BCUT2D eigenvalue weighted by molar-refractivity contribution is 0.387. The molecule has 2 unspecified atom stereocenters. The third-order valence-electron chi connectivity index (χ3n) is 3.20. The van der Waals surface area contributed by atoms with E-state index in [1.807, 2.05) is 42.8 Å². The van der Waals surface area contributed by atoms with Gasteiger partial charge in [0.15, 0.2) is 0 Å². The van der Waals surface area contributed by atoms with Crippen LogP contribution >= 0.6 is 11.3 Å². The molecule has 114 valence electrons. The summed E-state index contributed by atoms with van der Waals surface area (Å²) in [5.41, 5.74) is 0.978. The smallest absolute Gasteiger partial charge is 0.127 e. The minimum Gasteiger partial charge on any atom is -0.497 e. The molecule has 0 saturated heterocycles. The van der Waals surface area contributed by atoms with Crippen molar-refractivity contribution < 1.29 is 13.7 Å². The van der Waals surface area contributed by atoms with Crippen LogP contribution in [-0.2, 0) is 10.8 Å². The molecule has 0 radical (unpaired) electrons. The van der Waals surface area contributed by atoms with Crippen LogP contribution in [0.1, 0.15) is 11.6 Å². The van der Waals surface area contributed by atoms with Gasteiger partial charge in [-0.15, -0.1) is 11.3 Å². The number of methoxy groups -OCH3 is 2. The van der Waals surface area contributed by atoms with Crippen LogP contribution in [0.2, 0.25) is 0 Å². The minimum atomic E-state index is -1.03. The Morgan fingerprint density at radius 3 is 2.67 bits per heavy atom. The molecule has 0 aliphatic carbocycles. The van der Waals surface area contributed by atoms with E-state index in [2.05, 4.69) is 5.32 Å². The van der Waals surface area contributed by atoms with E-state index in [1.54, 1.807) is 14.2 Å². The van der Waals surface area contributed by atoms with Crippen LogP contribution in [0.5, 0.6) is 11.5 Å². The van der Waals surface area contributed by atoms with Crippen molar-refractivity contribution in [1.29, 1.82) is 0 Å². The summed E-state index contributed by atoms with van der Waals surface area (Å²) < 4.78 is 23.9. The molecular formula is C15H19NO3S2. The van der Waals surface area contributed by atoms with Crippen LogP contribution in [0, 0.1) is 0 Å². The largest absolute Gasteiger partial charge is 0.497 e. The Bertz CT molecular complexity index is 599. The van der Waals surface area contributed by atoms with Crippen molar-refractivity contribution in [2.75, 3.05) is 27.0 Å². The molecule has 0 spiro atoms. The van der Waals surface area contributed by atoms with Gasteiger partial charge in [-0.2, -0.15) is 0 Å². The Labute approximate surface area is 131 Å². The normalized spacial score (nSPS) is 13.7. The molecule has 1 aromatic heterocycles. The lowest BCUT2D eigenvalue weighted by Gasteiger charge is -2.19. The van der Waals surface area contributed by atoms with Crippen LogP contribution in [0.15, 0.2) is 39.9 Å². The van der Waals surface area contributed by atoms with Crippen molar-refractivity contribution >= 4 is 22.1 Å². The number of hydrogen-bond donors (Lipinski definition) is 1. The molecule has 21 heavy (non-hydrogen) atoms. The average molecular weight is 325 g/mol. The lowest BCUT2D eigenvalue weighted by atomic mass is 10.1. The predicted molar refractivity (Wildman–Crippen MR) is 86.9 cm³/mol. The first-order chi connectivity index (χ1) is 10.2. The minimum absolute atomic E-state index is 0.0474. The summed E-state index contributed by atoms with van der Waals surface area (Å²) in [6, 6.07) is 9.45. The van der Waals surface area contributed by atoms with Gasteiger partial charge in [0.1, 0.15) is 11.5 Å². The molecule has 1 heterocycles. The van der Waals surface area contributed by atoms with Crippen LogP contribution in [0.4, 0.5) is 0 Å². The van der Waals surface area contributed by atoms with Gasteiger partial charge in [0.25, 0.3) is 0 Å². The molecule has 2 rings (SSSR count). The van der Waals surface area contributed by atoms with Gasteiger partial charge >= 0.3 is 0 Å². The highest BCUT2D eigenvalue weighted by Gasteiger charge is 2.19. The van der Waals surface area contributed by atoms with E-state index in [0.717, 1.165) is 21.3 Å². The summed E-state index contributed by atoms with van der Waals surface area (Å²) in [5.74, 6) is 1.97. The SMILES string of the molecule is CNC(CS(=O)c1cccs1)c1ccc(OC)cc1OC. The second kappa shape index (κ2) is 7.59. The van der Waals surface area contributed by atoms with Crippen molar-refractivity contribution in [2.24, 2.45) is 0 Å². The van der Waals surface area contributed by atoms with E-state index < -0.39 is 10.8 Å². The molecular weight excluding hydrogens is 306 g/mol. The quantitative estimate of drug-likeness (QED) is 0.850. The van der Waals surface area contributed by atoms with Gasteiger partial charge in [-0.3, -0.25) is 4.21 Å². The molecule has 0 aliphatic rings. The molecule has 0 fully saturated rings. The molecule has 4 nitrogen and oxygen atoms in total. The molecule has 0 amide bonds. The zero-order chi connectivity index (χ0) is 15.2. The number of benzene rings is 1. The fourth-order valence-corrected chi connectivity index (χ4v) is 4.35. The fraction of sp³-hybridized carbons (Fsp3) is 0.333. The monoisotopic (exact) mass is 325 g/mol. The third-order valence-corrected chi connectivity index (χ3v) is 5.93. The summed E-state index contributed by atoms with van der Waals surface area (Å²) in [6.45, 7) is 0. The molecule has 6 heteroatoms. The zero-order valence-corrected chi connectivity index (χ0v) is 13.9. The van der Waals surface area contributed by atoms with E-state index in [-0.39, 0.29) is 6.04 Å². The Morgan fingerprint density at radius 2 is 2.10 bits per heavy atom. The van der Waals surface area contributed by atoms with E-state index in [1.165, 1.54) is 11.3 Å². The van der Waals surface area contributed by atoms with Crippen molar-refractivity contribution in [3.8, 4) is 11.5 Å². The second-order valence-corrected chi connectivity index (χ2v) is 7.06. The van der Waals surface area contributed by atoms with Crippen molar-refractivity contribution in [2.45, 2.75) is 10.3 Å². The molecule has 0 saturated carbocycles. The summed E-state index contributed by atoms with van der Waals surface area (Å²) in [6.07, 6.45) is 0. The van der Waals surface area contributed by atoms with Crippen LogP contribution in [0.3, 0.4) is 0 Å². The van der Waals surface area contributed by atoms with Crippen molar-refractivity contribution in [3.63, 3.8) is 0 Å².